The number of carbonyl (C=O) groups excluding carboxylic acids is 6. The molecule has 0 heterocycles. The molecule has 0 fully saturated rings. The Morgan fingerprint density at radius 1 is 0.804 bits per heavy atom. The van der Waals surface area contributed by atoms with Crippen molar-refractivity contribution in [2.75, 3.05) is 19.6 Å². The van der Waals surface area contributed by atoms with E-state index in [-0.39, 0.29) is 38.3 Å². The number of carboxylic acid groups (broad SMARTS) is 1. The van der Waals surface area contributed by atoms with Crippen molar-refractivity contribution in [2.45, 2.75) is 63.7 Å². The lowest BCUT2D eigenvalue weighted by atomic mass is 10.00. The molecule has 0 saturated heterocycles. The fourth-order valence-electron chi connectivity index (χ4n) is 4.09. The summed E-state index contributed by atoms with van der Waals surface area (Å²) in [6, 6.07) is 3.93. The summed E-state index contributed by atoms with van der Waals surface area (Å²) < 4.78 is 0. The van der Waals surface area contributed by atoms with Crippen molar-refractivity contribution >= 4 is 47.4 Å². The normalized spacial score (nSPS) is 13.2. The van der Waals surface area contributed by atoms with Crippen LogP contribution in [0.5, 0.6) is 0 Å². The standard InChI is InChI=1S/C28H44N10O8/c1-15(2)23(38-26(45)19(36-20(39)13-29)11-16-7-4-3-5-8-16)27(46)37-17(9-6-10-33-28(31)32)25(44)34-14-21(40)35-18(24(30)43)12-22(41)42/h3-5,7-8,15,17-19,23H,6,9-14,29H2,1-2H3,(H2,30,43)(H,34,44)(H,35,40)(H,36,39)(H,37,46)(H,38,45)(H,41,42)(H4,31,32,33)/t17-,18-,19?,23?/m0/s1. The number of hydrogen-bond acceptors (Lipinski definition) is 9. The summed E-state index contributed by atoms with van der Waals surface area (Å²) in [6.45, 7) is 2.47. The lowest BCUT2D eigenvalue weighted by Gasteiger charge is -2.27. The highest BCUT2D eigenvalue weighted by atomic mass is 16.4. The van der Waals surface area contributed by atoms with Crippen LogP contribution < -0.4 is 49.1 Å². The van der Waals surface area contributed by atoms with Gasteiger partial charge in [-0.25, -0.2) is 0 Å². The summed E-state index contributed by atoms with van der Waals surface area (Å²) in [7, 11) is 0. The number of amides is 6. The summed E-state index contributed by atoms with van der Waals surface area (Å²) in [5, 5.41) is 30.9. The van der Waals surface area contributed by atoms with Crippen molar-refractivity contribution in [3.63, 3.8) is 0 Å². The molecule has 14 N–H and O–H groups in total. The maximum absolute atomic E-state index is 13.4. The second-order valence-electron chi connectivity index (χ2n) is 10.6. The Hall–Kier alpha value is -5.26. The van der Waals surface area contributed by atoms with Gasteiger partial charge in [-0.05, 0) is 24.3 Å². The number of nitrogens with two attached hydrogens (primary N) is 3. The van der Waals surface area contributed by atoms with Crippen molar-refractivity contribution in [1.29, 1.82) is 5.41 Å². The van der Waals surface area contributed by atoms with Crippen LogP contribution in [-0.4, -0.2) is 96.3 Å². The molecule has 0 aliphatic carbocycles. The SMILES string of the molecule is CC(C)C(NC(=O)C(Cc1ccccc1)NC(=O)CN)C(=O)N[C@@H](CCCNC(=N)N)C(=O)NCC(=O)N[C@@H](CC(=O)O)C(N)=O. The van der Waals surface area contributed by atoms with Crippen molar-refractivity contribution < 1.29 is 38.7 Å². The minimum absolute atomic E-state index is 0.0182. The molecule has 4 atom stereocenters. The topological polar surface area (TPSA) is 314 Å². The molecule has 0 spiro atoms. The predicted octanol–water partition coefficient (Wildman–Crippen LogP) is -3.88. The van der Waals surface area contributed by atoms with E-state index in [9.17, 15) is 33.6 Å². The highest BCUT2D eigenvalue weighted by Crippen LogP contribution is 2.08. The minimum atomic E-state index is -1.51. The van der Waals surface area contributed by atoms with Crippen LogP contribution in [0.1, 0.15) is 38.7 Å². The lowest BCUT2D eigenvalue weighted by Crippen LogP contribution is -2.59. The Morgan fingerprint density at radius 3 is 1.98 bits per heavy atom. The zero-order valence-electron chi connectivity index (χ0n) is 25.8. The van der Waals surface area contributed by atoms with Crippen LogP contribution in [0.2, 0.25) is 0 Å². The molecule has 0 saturated carbocycles. The molecule has 1 aromatic rings. The molecule has 6 amide bonds. The van der Waals surface area contributed by atoms with Crippen molar-refractivity contribution in [2.24, 2.45) is 23.1 Å². The molecule has 18 heteroatoms. The number of primary amides is 1. The molecule has 18 nitrogen and oxygen atoms in total. The van der Waals surface area contributed by atoms with Crippen LogP contribution in [0.4, 0.5) is 0 Å². The Labute approximate surface area is 265 Å². The van der Waals surface area contributed by atoms with Gasteiger partial charge in [-0.2, -0.15) is 0 Å². The van der Waals surface area contributed by atoms with Crippen molar-refractivity contribution in [1.82, 2.24) is 31.9 Å². The van der Waals surface area contributed by atoms with Crippen LogP contribution >= 0.6 is 0 Å². The van der Waals surface area contributed by atoms with Crippen LogP contribution in [0, 0.1) is 11.3 Å². The van der Waals surface area contributed by atoms with Crippen LogP contribution in [0.3, 0.4) is 0 Å². The molecule has 0 bridgehead atoms. The van der Waals surface area contributed by atoms with Crippen LogP contribution in [-0.2, 0) is 40.0 Å². The number of guanidine groups is 1. The van der Waals surface area contributed by atoms with E-state index in [1.54, 1.807) is 44.2 Å². The number of rotatable bonds is 20. The maximum Gasteiger partial charge on any atom is 0.305 e. The first-order valence-corrected chi connectivity index (χ1v) is 14.4. The lowest BCUT2D eigenvalue weighted by molar-refractivity contribution is -0.140. The number of aliphatic carboxylic acids is 1. The monoisotopic (exact) mass is 648 g/mol. The quantitative estimate of drug-likeness (QED) is 0.0369. The van der Waals surface area contributed by atoms with Gasteiger partial charge in [0.15, 0.2) is 5.96 Å². The van der Waals surface area contributed by atoms with E-state index >= 15 is 0 Å². The molecule has 2 unspecified atom stereocenters. The average Bonchev–Trinajstić information content (AvgIpc) is 2.99. The third-order valence-electron chi connectivity index (χ3n) is 6.47. The molecular weight excluding hydrogens is 604 g/mol. The van der Waals surface area contributed by atoms with Gasteiger partial charge in [-0.1, -0.05) is 44.2 Å². The van der Waals surface area contributed by atoms with Crippen LogP contribution in [0.25, 0.3) is 0 Å². The summed E-state index contributed by atoms with van der Waals surface area (Å²) in [5.74, 6) is -6.91. The summed E-state index contributed by atoms with van der Waals surface area (Å²) in [6.07, 6.45) is -0.384. The Kier molecular flexibility index (Phi) is 16.8. The smallest absolute Gasteiger partial charge is 0.305 e. The zero-order chi connectivity index (χ0) is 34.8. The number of hydrogen-bond donors (Lipinski definition) is 11. The van der Waals surface area contributed by atoms with Gasteiger partial charge in [0.2, 0.25) is 35.4 Å². The van der Waals surface area contributed by atoms with E-state index in [1.165, 1.54) is 0 Å². The first kappa shape index (κ1) is 38.8. The Morgan fingerprint density at radius 2 is 1.43 bits per heavy atom. The molecule has 0 aliphatic rings. The third kappa shape index (κ3) is 15.0. The third-order valence-corrected chi connectivity index (χ3v) is 6.47. The number of benzene rings is 1. The average molecular weight is 649 g/mol. The zero-order valence-corrected chi connectivity index (χ0v) is 25.8. The van der Waals surface area contributed by atoms with Gasteiger partial charge in [0, 0.05) is 13.0 Å². The number of carbonyl (C=O) groups is 7. The highest BCUT2D eigenvalue weighted by molar-refractivity contribution is 5.96. The van der Waals surface area contributed by atoms with Gasteiger partial charge < -0.3 is 54.2 Å². The molecule has 0 aromatic heterocycles. The summed E-state index contributed by atoms with van der Waals surface area (Å²) >= 11 is 0. The predicted molar refractivity (Wildman–Crippen MR) is 165 cm³/mol. The number of nitrogens with one attached hydrogen (secondary N) is 7. The minimum Gasteiger partial charge on any atom is -0.481 e. The molecule has 46 heavy (non-hydrogen) atoms. The maximum atomic E-state index is 13.4. The van der Waals surface area contributed by atoms with Gasteiger partial charge in [0.1, 0.15) is 24.2 Å². The largest absolute Gasteiger partial charge is 0.481 e. The summed E-state index contributed by atoms with van der Waals surface area (Å²) in [4.78, 5) is 86.5. The Bertz CT molecular complexity index is 1240. The van der Waals surface area contributed by atoms with Gasteiger partial charge >= 0.3 is 5.97 Å². The first-order chi connectivity index (χ1) is 21.6. The molecule has 254 valence electrons. The van der Waals surface area contributed by atoms with E-state index in [1.807, 2.05) is 0 Å². The van der Waals surface area contributed by atoms with Crippen LogP contribution in [0.15, 0.2) is 30.3 Å². The number of carboxylic acids is 1. The molecule has 1 aromatic carbocycles. The van der Waals surface area contributed by atoms with E-state index in [4.69, 9.17) is 27.7 Å². The van der Waals surface area contributed by atoms with Gasteiger partial charge in [0.25, 0.3) is 0 Å². The highest BCUT2D eigenvalue weighted by Gasteiger charge is 2.31. The fourth-order valence-corrected chi connectivity index (χ4v) is 4.09. The fraction of sp³-hybridized carbons (Fsp3) is 0.500. The van der Waals surface area contributed by atoms with Gasteiger partial charge in [0.05, 0.1) is 19.5 Å². The molecule has 0 radical (unpaired) electrons. The molecule has 1 rings (SSSR count). The Balaban J connectivity index is 3.05. The van der Waals surface area contributed by atoms with E-state index in [0.717, 1.165) is 5.56 Å². The van der Waals surface area contributed by atoms with Crippen molar-refractivity contribution in [3.05, 3.63) is 35.9 Å². The molecular formula is C28H44N10O8. The van der Waals surface area contributed by atoms with Crippen molar-refractivity contribution in [3.8, 4) is 0 Å². The van der Waals surface area contributed by atoms with E-state index in [2.05, 4.69) is 31.9 Å². The second-order valence-corrected chi connectivity index (χ2v) is 10.6. The van der Waals surface area contributed by atoms with E-state index < -0.39 is 84.5 Å². The van der Waals surface area contributed by atoms with Gasteiger partial charge in [-0.15, -0.1) is 0 Å². The summed E-state index contributed by atoms with van der Waals surface area (Å²) in [5.41, 5.74) is 16.6. The van der Waals surface area contributed by atoms with Gasteiger partial charge in [-0.3, -0.25) is 39.0 Å². The molecule has 0 aliphatic heterocycles. The van der Waals surface area contributed by atoms with E-state index in [0.29, 0.717) is 0 Å². The first-order valence-electron chi connectivity index (χ1n) is 14.4. The second kappa shape index (κ2) is 19.9.